The molecule has 0 bridgehead atoms. The van der Waals surface area contributed by atoms with Crippen LogP contribution in [-0.2, 0) is 0 Å². The Morgan fingerprint density at radius 3 is 2.07 bits per heavy atom. The zero-order valence-corrected chi connectivity index (χ0v) is 18.6. The third-order valence-electron chi connectivity index (χ3n) is 7.46. The molecule has 2 aliphatic rings. The first kappa shape index (κ1) is 19.6. The molecule has 5 rings (SSSR count). The molecule has 30 heavy (non-hydrogen) atoms. The Bertz CT molecular complexity index is 1000. The Morgan fingerprint density at radius 1 is 0.733 bits per heavy atom. The molecule has 3 aromatic rings. The number of imidazole rings is 1. The SMILES string of the molecule is Cc1ccccc1-n1c(C)c(-c2ccccc2)[n+](C2CCCCC2)c1C1CCCC1. The fourth-order valence-electron chi connectivity index (χ4n) is 6.01. The summed E-state index contributed by atoms with van der Waals surface area (Å²) in [7, 11) is 0. The molecule has 2 heteroatoms. The lowest BCUT2D eigenvalue weighted by Gasteiger charge is -2.23. The van der Waals surface area contributed by atoms with E-state index >= 15 is 0 Å². The zero-order chi connectivity index (χ0) is 20.5. The molecule has 2 nitrogen and oxygen atoms in total. The van der Waals surface area contributed by atoms with Gasteiger partial charge in [0, 0.05) is 12.5 Å². The van der Waals surface area contributed by atoms with Gasteiger partial charge in [-0.3, -0.25) is 0 Å². The highest BCUT2D eigenvalue weighted by molar-refractivity contribution is 5.61. The lowest BCUT2D eigenvalue weighted by atomic mass is 9.93. The number of rotatable bonds is 4. The highest BCUT2D eigenvalue weighted by atomic mass is 15.2. The normalized spacial score (nSPS) is 18.2. The topological polar surface area (TPSA) is 8.81 Å². The molecule has 2 fully saturated rings. The maximum Gasteiger partial charge on any atom is 0.265 e. The van der Waals surface area contributed by atoms with Gasteiger partial charge in [-0.05, 0) is 57.1 Å². The van der Waals surface area contributed by atoms with Crippen molar-refractivity contribution in [3.8, 4) is 16.9 Å². The fourth-order valence-corrected chi connectivity index (χ4v) is 6.01. The van der Waals surface area contributed by atoms with Crippen molar-refractivity contribution in [1.82, 2.24) is 4.57 Å². The molecule has 0 radical (unpaired) electrons. The van der Waals surface area contributed by atoms with E-state index in [0.717, 1.165) is 0 Å². The molecule has 0 N–H and O–H groups in total. The van der Waals surface area contributed by atoms with Crippen LogP contribution >= 0.6 is 0 Å². The quantitative estimate of drug-likeness (QED) is 0.410. The first-order valence-electron chi connectivity index (χ1n) is 12.0. The summed E-state index contributed by atoms with van der Waals surface area (Å²) in [5.41, 5.74) is 6.96. The number of para-hydroxylation sites is 1. The van der Waals surface area contributed by atoms with E-state index < -0.39 is 0 Å². The van der Waals surface area contributed by atoms with Gasteiger partial charge in [-0.15, -0.1) is 0 Å². The van der Waals surface area contributed by atoms with Crippen LogP contribution in [0.15, 0.2) is 54.6 Å². The zero-order valence-electron chi connectivity index (χ0n) is 18.6. The minimum absolute atomic E-state index is 0.633. The summed E-state index contributed by atoms with van der Waals surface area (Å²) in [5.74, 6) is 2.24. The molecule has 2 saturated carbocycles. The van der Waals surface area contributed by atoms with E-state index in [1.54, 1.807) is 5.82 Å². The molecule has 1 heterocycles. The minimum Gasteiger partial charge on any atom is -0.224 e. The summed E-state index contributed by atoms with van der Waals surface area (Å²) in [6.07, 6.45) is 12.2. The van der Waals surface area contributed by atoms with E-state index in [-0.39, 0.29) is 0 Å². The van der Waals surface area contributed by atoms with Crippen molar-refractivity contribution >= 4 is 0 Å². The van der Waals surface area contributed by atoms with E-state index in [4.69, 9.17) is 0 Å². The van der Waals surface area contributed by atoms with Crippen LogP contribution in [0.5, 0.6) is 0 Å². The number of nitrogens with zero attached hydrogens (tertiary/aromatic N) is 2. The Balaban J connectivity index is 1.82. The number of benzene rings is 2. The number of aryl methyl sites for hydroxylation is 1. The molecular weight excluding hydrogens is 364 g/mol. The van der Waals surface area contributed by atoms with Gasteiger partial charge >= 0.3 is 0 Å². The average Bonchev–Trinajstić information content (AvgIpc) is 3.41. The van der Waals surface area contributed by atoms with Gasteiger partial charge in [-0.2, -0.15) is 4.57 Å². The van der Waals surface area contributed by atoms with Crippen LogP contribution in [0.2, 0.25) is 0 Å². The van der Waals surface area contributed by atoms with E-state index in [9.17, 15) is 0 Å². The summed E-state index contributed by atoms with van der Waals surface area (Å²) < 4.78 is 5.45. The molecular formula is C28H35N2+. The van der Waals surface area contributed by atoms with Crippen LogP contribution in [0.25, 0.3) is 16.9 Å². The van der Waals surface area contributed by atoms with Gasteiger partial charge in [0.25, 0.3) is 5.82 Å². The van der Waals surface area contributed by atoms with Gasteiger partial charge in [0.2, 0.25) is 0 Å². The molecule has 1 aromatic heterocycles. The summed E-state index contributed by atoms with van der Waals surface area (Å²) in [6.45, 7) is 4.62. The number of hydrogen-bond acceptors (Lipinski definition) is 0. The molecule has 0 aliphatic heterocycles. The summed E-state index contributed by atoms with van der Waals surface area (Å²) >= 11 is 0. The minimum atomic E-state index is 0.633. The molecule has 0 amide bonds. The van der Waals surface area contributed by atoms with Crippen LogP contribution in [0.3, 0.4) is 0 Å². The summed E-state index contributed by atoms with van der Waals surface area (Å²) in [5, 5.41) is 0. The molecule has 0 unspecified atom stereocenters. The third-order valence-corrected chi connectivity index (χ3v) is 7.46. The van der Waals surface area contributed by atoms with Crippen molar-refractivity contribution in [1.29, 1.82) is 0 Å². The van der Waals surface area contributed by atoms with Gasteiger partial charge in [0.15, 0.2) is 11.4 Å². The standard InChI is InChI=1S/C28H35N2/c1-21-13-9-12-20-26(21)29-22(2)27(23-14-5-3-6-15-23)30(25-18-7-4-8-19-25)28(29)24-16-10-11-17-24/h3,5-6,9,12-15,20,24-25H,4,7-8,10-11,16-19H2,1-2H3/q+1. The van der Waals surface area contributed by atoms with E-state index in [2.05, 4.69) is 77.6 Å². The molecule has 2 aromatic carbocycles. The highest BCUT2D eigenvalue weighted by Crippen LogP contribution is 2.40. The van der Waals surface area contributed by atoms with Gasteiger partial charge < -0.3 is 0 Å². The average molecular weight is 400 g/mol. The van der Waals surface area contributed by atoms with Crippen LogP contribution < -0.4 is 4.57 Å². The molecule has 2 aliphatic carbocycles. The maximum absolute atomic E-state index is 2.81. The predicted molar refractivity (Wildman–Crippen MR) is 124 cm³/mol. The van der Waals surface area contributed by atoms with Crippen LogP contribution in [0, 0.1) is 13.8 Å². The first-order chi connectivity index (χ1) is 14.8. The third kappa shape index (κ3) is 3.41. The lowest BCUT2D eigenvalue weighted by Crippen LogP contribution is -2.46. The fraction of sp³-hybridized carbons (Fsp3) is 0.464. The summed E-state index contributed by atoms with van der Waals surface area (Å²) in [4.78, 5) is 0. The molecule has 0 atom stereocenters. The summed E-state index contributed by atoms with van der Waals surface area (Å²) in [6, 6.07) is 20.7. The molecule has 0 spiro atoms. The van der Waals surface area contributed by atoms with Gasteiger partial charge in [0.1, 0.15) is 11.7 Å². The molecule has 156 valence electrons. The second-order valence-electron chi connectivity index (χ2n) is 9.42. The van der Waals surface area contributed by atoms with Crippen LogP contribution in [-0.4, -0.2) is 4.57 Å². The number of hydrogen-bond donors (Lipinski definition) is 0. The molecule has 0 saturated heterocycles. The van der Waals surface area contributed by atoms with E-state index in [1.807, 2.05) is 0 Å². The largest absolute Gasteiger partial charge is 0.265 e. The van der Waals surface area contributed by atoms with Crippen molar-refractivity contribution in [2.24, 2.45) is 0 Å². The van der Waals surface area contributed by atoms with Crippen molar-refractivity contribution in [2.75, 3.05) is 0 Å². The Hall–Kier alpha value is -2.35. The van der Waals surface area contributed by atoms with Crippen molar-refractivity contribution in [3.05, 3.63) is 71.7 Å². The maximum atomic E-state index is 2.81. The highest BCUT2D eigenvalue weighted by Gasteiger charge is 2.40. The van der Waals surface area contributed by atoms with E-state index in [0.29, 0.717) is 12.0 Å². The Kier molecular flexibility index (Phi) is 5.50. The van der Waals surface area contributed by atoms with Crippen LogP contribution in [0.4, 0.5) is 0 Å². The van der Waals surface area contributed by atoms with Gasteiger partial charge in [0.05, 0.1) is 5.92 Å². The van der Waals surface area contributed by atoms with Gasteiger partial charge in [-0.25, -0.2) is 4.57 Å². The second kappa shape index (κ2) is 8.41. The smallest absolute Gasteiger partial charge is 0.224 e. The Morgan fingerprint density at radius 2 is 1.37 bits per heavy atom. The van der Waals surface area contributed by atoms with Crippen molar-refractivity contribution in [2.45, 2.75) is 83.6 Å². The lowest BCUT2D eigenvalue weighted by molar-refractivity contribution is -0.723. The predicted octanol–water partition coefficient (Wildman–Crippen LogP) is 7.21. The monoisotopic (exact) mass is 399 g/mol. The first-order valence-corrected chi connectivity index (χ1v) is 12.0. The van der Waals surface area contributed by atoms with Gasteiger partial charge in [-0.1, -0.05) is 67.8 Å². The van der Waals surface area contributed by atoms with Crippen molar-refractivity contribution in [3.63, 3.8) is 0 Å². The Labute approximate surface area is 181 Å². The number of aromatic nitrogens is 2. The van der Waals surface area contributed by atoms with Crippen molar-refractivity contribution < 1.29 is 4.57 Å². The van der Waals surface area contributed by atoms with Crippen LogP contribution in [0.1, 0.15) is 86.8 Å². The van der Waals surface area contributed by atoms with E-state index in [1.165, 1.54) is 86.0 Å². The second-order valence-corrected chi connectivity index (χ2v) is 9.42.